The molecule has 0 aliphatic heterocycles. The summed E-state index contributed by atoms with van der Waals surface area (Å²) in [6.45, 7) is 0. The molecule has 0 saturated heterocycles. The first kappa shape index (κ1) is 12.0. The van der Waals surface area contributed by atoms with Crippen molar-refractivity contribution >= 4 is 11.6 Å². The first-order chi connectivity index (χ1) is 7.47. The minimum absolute atomic E-state index is 0.160. The van der Waals surface area contributed by atoms with Crippen LogP contribution >= 0.6 is 0 Å². The van der Waals surface area contributed by atoms with Crippen LogP contribution in [0.15, 0.2) is 18.2 Å². The number of primary amides is 1. The van der Waals surface area contributed by atoms with Crippen molar-refractivity contribution in [3.8, 4) is 6.07 Å². The number of rotatable bonds is 3. The average molecular weight is 221 g/mol. The number of aliphatic hydroxyl groups excluding tert-OH is 2. The van der Waals surface area contributed by atoms with E-state index < -0.39 is 18.1 Å². The van der Waals surface area contributed by atoms with E-state index in [2.05, 4.69) is 0 Å². The van der Waals surface area contributed by atoms with Crippen LogP contribution < -0.4 is 11.5 Å². The minimum atomic E-state index is -1.71. The largest absolute Gasteiger partial charge is 0.398 e. The first-order valence-electron chi connectivity index (χ1n) is 4.42. The number of nitrogens with zero attached hydrogens (tertiary/aromatic N) is 1. The van der Waals surface area contributed by atoms with Crippen molar-refractivity contribution < 1.29 is 15.0 Å². The van der Waals surface area contributed by atoms with Crippen LogP contribution in [0.25, 0.3) is 0 Å². The van der Waals surface area contributed by atoms with Crippen molar-refractivity contribution in [2.45, 2.75) is 12.2 Å². The molecule has 0 bridgehead atoms. The summed E-state index contributed by atoms with van der Waals surface area (Å²) in [6.07, 6.45) is -3.18. The van der Waals surface area contributed by atoms with Gasteiger partial charge in [0.15, 0.2) is 6.10 Å². The molecule has 0 heterocycles. The molecule has 16 heavy (non-hydrogen) atoms. The number of anilines is 1. The number of benzene rings is 1. The number of carbonyl (C=O) groups is 1. The molecule has 1 amide bonds. The van der Waals surface area contributed by atoms with Gasteiger partial charge in [-0.15, -0.1) is 0 Å². The minimum Gasteiger partial charge on any atom is -0.398 e. The molecule has 1 aromatic carbocycles. The summed E-state index contributed by atoms with van der Waals surface area (Å²) in [7, 11) is 0. The van der Waals surface area contributed by atoms with Gasteiger partial charge in [0.2, 0.25) is 5.91 Å². The molecule has 0 radical (unpaired) electrons. The summed E-state index contributed by atoms with van der Waals surface area (Å²) in [5.41, 5.74) is 10.9. The Hall–Kier alpha value is -2.10. The van der Waals surface area contributed by atoms with Crippen molar-refractivity contribution in [2.75, 3.05) is 5.73 Å². The molecule has 6 N–H and O–H groups in total. The maximum Gasteiger partial charge on any atom is 0.249 e. The Morgan fingerprint density at radius 1 is 1.44 bits per heavy atom. The zero-order valence-corrected chi connectivity index (χ0v) is 8.29. The normalized spacial score (nSPS) is 13.8. The van der Waals surface area contributed by atoms with Gasteiger partial charge in [-0.25, -0.2) is 0 Å². The monoisotopic (exact) mass is 221 g/mol. The fraction of sp³-hybridized carbons (Fsp3) is 0.200. The predicted molar refractivity (Wildman–Crippen MR) is 55.7 cm³/mol. The highest BCUT2D eigenvalue weighted by Crippen LogP contribution is 2.21. The Labute approximate surface area is 91.7 Å². The lowest BCUT2D eigenvalue weighted by Gasteiger charge is -2.15. The van der Waals surface area contributed by atoms with Crippen molar-refractivity contribution in [3.63, 3.8) is 0 Å². The van der Waals surface area contributed by atoms with Gasteiger partial charge in [-0.2, -0.15) is 5.26 Å². The van der Waals surface area contributed by atoms with E-state index >= 15 is 0 Å². The Morgan fingerprint density at radius 2 is 2.06 bits per heavy atom. The second kappa shape index (κ2) is 4.61. The molecule has 84 valence electrons. The molecule has 0 fully saturated rings. The number of hydrogen-bond acceptors (Lipinski definition) is 5. The highest BCUT2D eigenvalue weighted by Gasteiger charge is 2.23. The molecule has 0 saturated carbocycles. The van der Waals surface area contributed by atoms with E-state index in [9.17, 15) is 15.0 Å². The Kier molecular flexibility index (Phi) is 3.45. The number of amides is 1. The average Bonchev–Trinajstić information content (AvgIpc) is 2.27. The summed E-state index contributed by atoms with van der Waals surface area (Å²) in [4.78, 5) is 10.7. The fourth-order valence-corrected chi connectivity index (χ4v) is 1.19. The summed E-state index contributed by atoms with van der Waals surface area (Å²) in [5, 5.41) is 27.5. The number of nitrogen functional groups attached to an aromatic ring is 1. The van der Waals surface area contributed by atoms with Crippen LogP contribution in [0.4, 0.5) is 5.69 Å². The number of nitrogens with two attached hydrogens (primary N) is 2. The van der Waals surface area contributed by atoms with Gasteiger partial charge in [0.05, 0.1) is 5.56 Å². The van der Waals surface area contributed by atoms with Crippen molar-refractivity contribution in [1.82, 2.24) is 0 Å². The van der Waals surface area contributed by atoms with E-state index in [-0.39, 0.29) is 16.8 Å². The number of hydrogen-bond donors (Lipinski definition) is 4. The Bertz CT molecular complexity index is 453. The van der Waals surface area contributed by atoms with E-state index in [1.165, 1.54) is 18.2 Å². The van der Waals surface area contributed by atoms with Crippen molar-refractivity contribution in [1.29, 1.82) is 5.26 Å². The third-order valence-corrected chi connectivity index (χ3v) is 2.13. The standard InChI is InChI=1S/C10H11N3O3/c11-4-6-3-5(1-2-7(6)12)8(14)9(15)10(13)16/h1-3,8-9,14-15H,12H2,(H2,13,16). The second-order valence-electron chi connectivity index (χ2n) is 3.25. The maximum absolute atomic E-state index is 10.7. The molecule has 2 atom stereocenters. The molecule has 0 aliphatic rings. The SMILES string of the molecule is N#Cc1cc(C(O)C(O)C(N)=O)ccc1N. The van der Waals surface area contributed by atoms with Gasteiger partial charge in [-0.05, 0) is 17.7 Å². The third kappa shape index (κ3) is 2.28. The molecule has 6 heteroatoms. The van der Waals surface area contributed by atoms with Gasteiger partial charge in [0, 0.05) is 5.69 Å². The van der Waals surface area contributed by atoms with Gasteiger partial charge in [-0.3, -0.25) is 4.79 Å². The fourth-order valence-electron chi connectivity index (χ4n) is 1.19. The zero-order chi connectivity index (χ0) is 12.3. The highest BCUT2D eigenvalue weighted by molar-refractivity contribution is 5.79. The molecular formula is C10H11N3O3. The van der Waals surface area contributed by atoms with Crippen molar-refractivity contribution in [2.24, 2.45) is 5.73 Å². The van der Waals surface area contributed by atoms with E-state index in [1.54, 1.807) is 0 Å². The van der Waals surface area contributed by atoms with Gasteiger partial charge in [0.1, 0.15) is 12.2 Å². The van der Waals surface area contributed by atoms with Gasteiger partial charge in [-0.1, -0.05) is 6.07 Å². The zero-order valence-electron chi connectivity index (χ0n) is 8.29. The topological polar surface area (TPSA) is 133 Å². The van der Waals surface area contributed by atoms with Gasteiger partial charge >= 0.3 is 0 Å². The van der Waals surface area contributed by atoms with E-state index in [4.69, 9.17) is 16.7 Å². The molecule has 6 nitrogen and oxygen atoms in total. The molecular weight excluding hydrogens is 210 g/mol. The van der Waals surface area contributed by atoms with Crippen LogP contribution in [0.1, 0.15) is 17.2 Å². The summed E-state index contributed by atoms with van der Waals surface area (Å²) < 4.78 is 0. The van der Waals surface area contributed by atoms with Crippen LogP contribution in [0.5, 0.6) is 0 Å². The number of aliphatic hydroxyl groups is 2. The van der Waals surface area contributed by atoms with Crippen LogP contribution in [0.3, 0.4) is 0 Å². The molecule has 0 aromatic heterocycles. The molecule has 0 spiro atoms. The molecule has 2 unspecified atom stereocenters. The quantitative estimate of drug-likeness (QED) is 0.487. The maximum atomic E-state index is 10.7. The number of nitriles is 1. The van der Waals surface area contributed by atoms with Crippen molar-refractivity contribution in [3.05, 3.63) is 29.3 Å². The highest BCUT2D eigenvalue weighted by atomic mass is 16.3. The van der Waals surface area contributed by atoms with E-state index in [0.717, 1.165) is 0 Å². The lowest BCUT2D eigenvalue weighted by Crippen LogP contribution is -2.33. The lowest BCUT2D eigenvalue weighted by atomic mass is 10.0. The molecule has 1 rings (SSSR count). The van der Waals surface area contributed by atoms with E-state index in [1.807, 2.05) is 6.07 Å². The Balaban J connectivity index is 3.06. The predicted octanol–water partition coefficient (Wildman–Crippen LogP) is -0.980. The summed E-state index contributed by atoms with van der Waals surface area (Å²) >= 11 is 0. The lowest BCUT2D eigenvalue weighted by molar-refractivity contribution is -0.131. The first-order valence-corrected chi connectivity index (χ1v) is 4.42. The Morgan fingerprint density at radius 3 is 2.56 bits per heavy atom. The van der Waals surface area contributed by atoms with E-state index in [0.29, 0.717) is 0 Å². The second-order valence-corrected chi connectivity index (χ2v) is 3.25. The van der Waals surface area contributed by atoms with Crippen LogP contribution in [0.2, 0.25) is 0 Å². The number of carbonyl (C=O) groups excluding carboxylic acids is 1. The van der Waals surface area contributed by atoms with Crippen LogP contribution in [-0.4, -0.2) is 22.2 Å². The van der Waals surface area contributed by atoms with Gasteiger partial charge < -0.3 is 21.7 Å². The van der Waals surface area contributed by atoms with Crippen LogP contribution in [0, 0.1) is 11.3 Å². The smallest absolute Gasteiger partial charge is 0.249 e. The summed E-state index contributed by atoms with van der Waals surface area (Å²) in [6, 6.07) is 5.94. The van der Waals surface area contributed by atoms with Gasteiger partial charge in [0.25, 0.3) is 0 Å². The molecule has 0 aliphatic carbocycles. The molecule has 1 aromatic rings. The summed E-state index contributed by atoms with van der Waals surface area (Å²) in [5.74, 6) is -1.04. The third-order valence-electron chi connectivity index (χ3n) is 2.13. The van der Waals surface area contributed by atoms with Crippen LogP contribution in [-0.2, 0) is 4.79 Å².